The Bertz CT molecular complexity index is 1470. The van der Waals surface area contributed by atoms with Crippen LogP contribution in [0.25, 0.3) is 10.9 Å². The highest BCUT2D eigenvalue weighted by atomic mass is 79.9. The summed E-state index contributed by atoms with van der Waals surface area (Å²) in [6.45, 7) is 2.34. The summed E-state index contributed by atoms with van der Waals surface area (Å²) in [5.41, 5.74) is 1.95. The second-order valence-electron chi connectivity index (χ2n) is 8.10. The molecule has 0 aliphatic rings. The Balaban J connectivity index is 1.66. The van der Waals surface area contributed by atoms with Crippen molar-refractivity contribution >= 4 is 49.0 Å². The molecule has 0 bridgehead atoms. The lowest BCUT2D eigenvalue weighted by Crippen LogP contribution is -2.22. The van der Waals surface area contributed by atoms with Crippen molar-refractivity contribution in [2.45, 2.75) is 32.8 Å². The highest BCUT2D eigenvalue weighted by Gasteiger charge is 2.13. The SMILES string of the molecule is CCCCc1nc2ccc(Br)cc2c(=O)n1N=Cc1cc(Br)c(OCc2ccc(F)cc2)c(OC)c1. The molecule has 3 aromatic carbocycles. The number of methoxy groups -OCH3 is 1. The quantitative estimate of drug-likeness (QED) is 0.192. The van der Waals surface area contributed by atoms with Gasteiger partial charge in [-0.3, -0.25) is 4.79 Å². The Labute approximate surface area is 225 Å². The van der Waals surface area contributed by atoms with Crippen LogP contribution >= 0.6 is 31.9 Å². The molecule has 1 aromatic heterocycles. The van der Waals surface area contributed by atoms with Gasteiger partial charge in [-0.25, -0.2) is 9.37 Å². The molecule has 0 spiro atoms. The van der Waals surface area contributed by atoms with Gasteiger partial charge in [-0.05, 0) is 75.9 Å². The zero-order valence-electron chi connectivity index (χ0n) is 19.8. The van der Waals surface area contributed by atoms with E-state index in [1.807, 2.05) is 18.2 Å². The van der Waals surface area contributed by atoms with Crippen LogP contribution in [0.1, 0.15) is 36.7 Å². The number of benzene rings is 3. The summed E-state index contributed by atoms with van der Waals surface area (Å²) in [7, 11) is 1.55. The van der Waals surface area contributed by atoms with E-state index in [1.165, 1.54) is 16.8 Å². The number of hydrogen-bond acceptors (Lipinski definition) is 5. The Morgan fingerprint density at radius 2 is 1.89 bits per heavy atom. The molecule has 186 valence electrons. The van der Waals surface area contributed by atoms with Gasteiger partial charge in [-0.2, -0.15) is 9.78 Å². The molecule has 0 aliphatic carbocycles. The first-order valence-corrected chi connectivity index (χ1v) is 13.0. The average molecular weight is 617 g/mol. The fourth-order valence-corrected chi connectivity index (χ4v) is 4.56. The lowest BCUT2D eigenvalue weighted by molar-refractivity contribution is 0.282. The molecule has 0 N–H and O–H groups in total. The smallest absolute Gasteiger partial charge is 0.282 e. The third-order valence-electron chi connectivity index (χ3n) is 5.50. The van der Waals surface area contributed by atoms with Crippen molar-refractivity contribution < 1.29 is 13.9 Å². The maximum Gasteiger partial charge on any atom is 0.282 e. The summed E-state index contributed by atoms with van der Waals surface area (Å²) < 4.78 is 27.5. The van der Waals surface area contributed by atoms with Gasteiger partial charge >= 0.3 is 0 Å². The van der Waals surface area contributed by atoms with Crippen LogP contribution in [0.3, 0.4) is 0 Å². The first-order chi connectivity index (χ1) is 17.4. The van der Waals surface area contributed by atoms with Crippen LogP contribution in [-0.2, 0) is 13.0 Å². The molecule has 0 aliphatic heterocycles. The third kappa shape index (κ3) is 6.02. The van der Waals surface area contributed by atoms with Gasteiger partial charge in [0.2, 0.25) is 0 Å². The van der Waals surface area contributed by atoms with Gasteiger partial charge in [0.15, 0.2) is 11.5 Å². The third-order valence-corrected chi connectivity index (χ3v) is 6.58. The minimum absolute atomic E-state index is 0.228. The van der Waals surface area contributed by atoms with Gasteiger partial charge in [0.05, 0.1) is 28.7 Å². The van der Waals surface area contributed by atoms with Crippen LogP contribution < -0.4 is 15.0 Å². The fraction of sp³-hybridized carbons (Fsp3) is 0.222. The molecule has 0 atom stereocenters. The van der Waals surface area contributed by atoms with Crippen molar-refractivity contribution in [3.05, 3.63) is 96.7 Å². The molecule has 0 unspecified atom stereocenters. The molecule has 4 rings (SSSR count). The van der Waals surface area contributed by atoms with Crippen LogP contribution in [0, 0.1) is 5.82 Å². The van der Waals surface area contributed by atoms with Crippen LogP contribution in [0.2, 0.25) is 0 Å². The van der Waals surface area contributed by atoms with Crippen LogP contribution in [0.15, 0.2) is 73.4 Å². The van der Waals surface area contributed by atoms with Crippen molar-refractivity contribution in [1.82, 2.24) is 9.66 Å². The topological polar surface area (TPSA) is 65.7 Å². The van der Waals surface area contributed by atoms with Crippen molar-refractivity contribution in [2.75, 3.05) is 7.11 Å². The van der Waals surface area contributed by atoms with E-state index < -0.39 is 0 Å². The van der Waals surface area contributed by atoms with E-state index in [0.717, 1.165) is 22.9 Å². The van der Waals surface area contributed by atoms with Crippen LogP contribution in [-0.4, -0.2) is 23.0 Å². The zero-order chi connectivity index (χ0) is 25.7. The van der Waals surface area contributed by atoms with E-state index in [4.69, 9.17) is 14.5 Å². The minimum atomic E-state index is -0.299. The molecule has 0 fully saturated rings. The van der Waals surface area contributed by atoms with Crippen molar-refractivity contribution in [3.8, 4) is 11.5 Å². The largest absolute Gasteiger partial charge is 0.493 e. The molecule has 9 heteroatoms. The summed E-state index contributed by atoms with van der Waals surface area (Å²) in [6, 6.07) is 15.2. The van der Waals surface area contributed by atoms with E-state index in [2.05, 4.69) is 43.9 Å². The van der Waals surface area contributed by atoms with E-state index in [0.29, 0.717) is 44.7 Å². The molecule has 0 amide bonds. The van der Waals surface area contributed by atoms with Crippen molar-refractivity contribution in [2.24, 2.45) is 5.10 Å². The van der Waals surface area contributed by atoms with Gasteiger partial charge in [0.25, 0.3) is 5.56 Å². The number of ether oxygens (including phenoxy) is 2. The van der Waals surface area contributed by atoms with Crippen LogP contribution in [0.4, 0.5) is 4.39 Å². The molecule has 0 radical (unpaired) electrons. The number of rotatable bonds is 9. The predicted molar refractivity (Wildman–Crippen MR) is 147 cm³/mol. The minimum Gasteiger partial charge on any atom is -0.493 e. The first-order valence-electron chi connectivity index (χ1n) is 11.4. The molecule has 36 heavy (non-hydrogen) atoms. The second kappa shape index (κ2) is 11.8. The Kier molecular flexibility index (Phi) is 8.53. The molecule has 1 heterocycles. The maximum atomic E-state index is 13.3. The Morgan fingerprint density at radius 1 is 1.11 bits per heavy atom. The molecule has 6 nitrogen and oxygen atoms in total. The summed E-state index contributed by atoms with van der Waals surface area (Å²) in [5, 5.41) is 5.00. The zero-order valence-corrected chi connectivity index (χ0v) is 23.0. The highest BCUT2D eigenvalue weighted by Crippen LogP contribution is 2.37. The monoisotopic (exact) mass is 615 g/mol. The normalized spacial score (nSPS) is 11.4. The number of halogens is 3. The van der Waals surface area contributed by atoms with E-state index in [-0.39, 0.29) is 18.0 Å². The Hall–Kier alpha value is -3.04. The Morgan fingerprint density at radius 3 is 2.61 bits per heavy atom. The van der Waals surface area contributed by atoms with Crippen molar-refractivity contribution in [3.63, 3.8) is 0 Å². The second-order valence-corrected chi connectivity index (χ2v) is 9.87. The van der Waals surface area contributed by atoms with Crippen molar-refractivity contribution in [1.29, 1.82) is 0 Å². The van der Waals surface area contributed by atoms with Gasteiger partial charge in [-0.1, -0.05) is 41.4 Å². The van der Waals surface area contributed by atoms with Gasteiger partial charge in [0, 0.05) is 10.9 Å². The first kappa shape index (κ1) is 26.0. The standard InChI is InChI=1S/C27H24Br2FN3O3/c1-3-4-5-25-32-23-11-8-19(28)14-21(23)27(34)33(25)31-15-18-12-22(29)26(24(13-18)35-2)36-16-17-6-9-20(30)10-7-17/h6-15H,3-5,16H2,1-2H3. The average Bonchev–Trinajstić information content (AvgIpc) is 2.87. The summed E-state index contributed by atoms with van der Waals surface area (Å²) in [5.74, 6) is 1.31. The number of aryl methyl sites for hydroxylation is 1. The van der Waals surface area contributed by atoms with Gasteiger partial charge < -0.3 is 9.47 Å². The number of unbranched alkanes of at least 4 members (excludes halogenated alkanes) is 1. The van der Waals surface area contributed by atoms with E-state index in [9.17, 15) is 9.18 Å². The number of aromatic nitrogens is 2. The summed E-state index contributed by atoms with van der Waals surface area (Å²) >= 11 is 6.97. The fourth-order valence-electron chi connectivity index (χ4n) is 3.63. The summed E-state index contributed by atoms with van der Waals surface area (Å²) in [6.07, 6.45) is 4.10. The lowest BCUT2D eigenvalue weighted by Gasteiger charge is -2.14. The number of hydrogen-bond donors (Lipinski definition) is 0. The molecule has 0 saturated carbocycles. The van der Waals surface area contributed by atoms with E-state index in [1.54, 1.807) is 37.6 Å². The predicted octanol–water partition coefficient (Wildman–Crippen LogP) is 6.87. The molecule has 0 saturated heterocycles. The number of fused-ring (bicyclic) bond motifs is 1. The maximum absolute atomic E-state index is 13.3. The lowest BCUT2D eigenvalue weighted by atomic mass is 10.2. The molecular formula is C27H24Br2FN3O3. The highest BCUT2D eigenvalue weighted by molar-refractivity contribution is 9.10. The van der Waals surface area contributed by atoms with Gasteiger partial charge in [0.1, 0.15) is 18.2 Å². The summed E-state index contributed by atoms with van der Waals surface area (Å²) in [4.78, 5) is 18.0. The van der Waals surface area contributed by atoms with Gasteiger partial charge in [-0.15, -0.1) is 0 Å². The van der Waals surface area contributed by atoms with Crippen LogP contribution in [0.5, 0.6) is 11.5 Å². The number of nitrogens with zero attached hydrogens (tertiary/aromatic N) is 3. The molecular weight excluding hydrogens is 593 g/mol. The molecule has 4 aromatic rings. The van der Waals surface area contributed by atoms with E-state index >= 15 is 0 Å².